The van der Waals surface area contributed by atoms with Gasteiger partial charge in [0.05, 0.1) is 6.54 Å². The van der Waals surface area contributed by atoms with E-state index in [0.29, 0.717) is 26.2 Å². The molecule has 1 aliphatic rings. The Hall–Kier alpha value is -1.60. The van der Waals surface area contributed by atoms with Gasteiger partial charge in [0.2, 0.25) is 0 Å². The maximum absolute atomic E-state index is 12.2. The highest BCUT2D eigenvalue weighted by atomic mass is 79.9. The molecule has 1 saturated heterocycles. The van der Waals surface area contributed by atoms with Crippen LogP contribution in [0.15, 0.2) is 22.7 Å². The molecule has 0 radical (unpaired) electrons. The minimum absolute atomic E-state index is 0.0291. The van der Waals surface area contributed by atoms with E-state index in [1.54, 1.807) is 4.90 Å². The standard InChI is InChI=1S/C14H18BrN3O3/c1-10-8-11(2-3-12(10)15)16-14(21)18-6-4-17(5-7-18)9-13(19)20/h2-3,8H,4-7,9H2,1H3,(H,16,21)(H,19,20). The number of nitrogens with zero attached hydrogens (tertiary/aromatic N) is 2. The molecule has 0 aliphatic carbocycles. The molecular formula is C14H18BrN3O3. The number of anilines is 1. The minimum Gasteiger partial charge on any atom is -0.480 e. The molecule has 114 valence electrons. The summed E-state index contributed by atoms with van der Waals surface area (Å²) in [6, 6.07) is 5.50. The maximum Gasteiger partial charge on any atom is 0.321 e. The van der Waals surface area contributed by atoms with E-state index in [1.807, 2.05) is 30.0 Å². The van der Waals surface area contributed by atoms with Crippen LogP contribution in [-0.2, 0) is 4.79 Å². The highest BCUT2D eigenvalue weighted by Crippen LogP contribution is 2.20. The number of nitrogens with one attached hydrogen (secondary N) is 1. The van der Waals surface area contributed by atoms with E-state index in [9.17, 15) is 9.59 Å². The summed E-state index contributed by atoms with van der Waals surface area (Å²) < 4.78 is 1.00. The lowest BCUT2D eigenvalue weighted by Gasteiger charge is -2.33. The molecule has 2 rings (SSSR count). The number of carboxylic acids is 1. The van der Waals surface area contributed by atoms with Crippen molar-refractivity contribution < 1.29 is 14.7 Å². The summed E-state index contributed by atoms with van der Waals surface area (Å²) in [5.41, 5.74) is 1.81. The van der Waals surface area contributed by atoms with Crippen LogP contribution < -0.4 is 5.32 Å². The van der Waals surface area contributed by atoms with Gasteiger partial charge >= 0.3 is 12.0 Å². The Morgan fingerprint density at radius 3 is 2.52 bits per heavy atom. The van der Waals surface area contributed by atoms with Gasteiger partial charge in [-0.15, -0.1) is 0 Å². The van der Waals surface area contributed by atoms with Crippen LogP contribution in [0, 0.1) is 6.92 Å². The van der Waals surface area contributed by atoms with Crippen LogP contribution in [0.2, 0.25) is 0 Å². The lowest BCUT2D eigenvalue weighted by atomic mass is 10.2. The number of benzene rings is 1. The molecule has 21 heavy (non-hydrogen) atoms. The van der Waals surface area contributed by atoms with Gasteiger partial charge in [0.15, 0.2) is 0 Å². The van der Waals surface area contributed by atoms with Gasteiger partial charge in [-0.25, -0.2) is 4.79 Å². The van der Waals surface area contributed by atoms with Crippen LogP contribution in [-0.4, -0.2) is 59.6 Å². The molecule has 2 amide bonds. The Morgan fingerprint density at radius 2 is 1.95 bits per heavy atom. The molecule has 2 N–H and O–H groups in total. The molecular weight excluding hydrogens is 338 g/mol. The number of aliphatic carboxylic acids is 1. The van der Waals surface area contributed by atoms with Crippen LogP contribution in [0.4, 0.5) is 10.5 Å². The number of halogens is 1. The number of hydrogen-bond acceptors (Lipinski definition) is 3. The SMILES string of the molecule is Cc1cc(NC(=O)N2CCN(CC(=O)O)CC2)ccc1Br. The molecule has 7 heteroatoms. The average molecular weight is 356 g/mol. The van der Waals surface area contributed by atoms with Gasteiger partial charge in [0, 0.05) is 36.3 Å². The Bertz CT molecular complexity index is 542. The second-order valence-corrected chi connectivity index (χ2v) is 5.91. The van der Waals surface area contributed by atoms with Gasteiger partial charge in [-0.3, -0.25) is 9.69 Å². The van der Waals surface area contributed by atoms with Crippen molar-refractivity contribution in [1.82, 2.24) is 9.80 Å². The highest BCUT2D eigenvalue weighted by Gasteiger charge is 2.22. The third-order valence-electron chi connectivity index (χ3n) is 3.43. The summed E-state index contributed by atoms with van der Waals surface area (Å²) >= 11 is 3.42. The Morgan fingerprint density at radius 1 is 1.29 bits per heavy atom. The van der Waals surface area contributed by atoms with Gasteiger partial charge in [0.1, 0.15) is 0 Å². The highest BCUT2D eigenvalue weighted by molar-refractivity contribution is 9.10. The van der Waals surface area contributed by atoms with Crippen LogP contribution in [0.1, 0.15) is 5.56 Å². The fourth-order valence-electron chi connectivity index (χ4n) is 2.23. The van der Waals surface area contributed by atoms with Crippen molar-refractivity contribution in [3.05, 3.63) is 28.2 Å². The van der Waals surface area contributed by atoms with Crippen LogP contribution in [0.25, 0.3) is 0 Å². The molecule has 1 aromatic rings. The minimum atomic E-state index is -0.835. The van der Waals surface area contributed by atoms with E-state index < -0.39 is 5.97 Å². The van der Waals surface area contributed by atoms with E-state index >= 15 is 0 Å². The molecule has 6 nitrogen and oxygen atoms in total. The first-order chi connectivity index (χ1) is 9.95. The van der Waals surface area contributed by atoms with Crippen molar-refractivity contribution in [2.45, 2.75) is 6.92 Å². The summed E-state index contributed by atoms with van der Waals surface area (Å²) in [7, 11) is 0. The van der Waals surface area contributed by atoms with E-state index in [1.165, 1.54) is 0 Å². The third-order valence-corrected chi connectivity index (χ3v) is 4.32. The Labute approximate surface area is 131 Å². The topological polar surface area (TPSA) is 72.9 Å². The van der Waals surface area contributed by atoms with Gasteiger partial charge < -0.3 is 15.3 Å². The number of carbonyl (C=O) groups excluding carboxylic acids is 1. The normalized spacial score (nSPS) is 15.8. The van der Waals surface area contributed by atoms with Crippen LogP contribution in [0.3, 0.4) is 0 Å². The number of aryl methyl sites for hydroxylation is 1. The molecule has 1 heterocycles. The number of carbonyl (C=O) groups is 2. The molecule has 0 atom stereocenters. The number of urea groups is 1. The summed E-state index contributed by atoms with van der Waals surface area (Å²) in [5, 5.41) is 11.6. The summed E-state index contributed by atoms with van der Waals surface area (Å²) in [5.74, 6) is -0.835. The Balaban J connectivity index is 1.87. The molecule has 1 aliphatic heterocycles. The molecule has 0 bridgehead atoms. The zero-order valence-electron chi connectivity index (χ0n) is 11.8. The second-order valence-electron chi connectivity index (χ2n) is 5.05. The average Bonchev–Trinajstić information content (AvgIpc) is 2.43. The molecule has 0 unspecified atom stereocenters. The van der Waals surface area contributed by atoms with Gasteiger partial charge in [0.25, 0.3) is 0 Å². The van der Waals surface area contributed by atoms with Crippen LogP contribution >= 0.6 is 15.9 Å². The number of hydrogen-bond donors (Lipinski definition) is 2. The third kappa shape index (κ3) is 4.44. The predicted molar refractivity (Wildman–Crippen MR) is 83.5 cm³/mol. The number of carboxylic acid groups (broad SMARTS) is 1. The van der Waals surface area contributed by atoms with Gasteiger partial charge in [-0.1, -0.05) is 15.9 Å². The largest absolute Gasteiger partial charge is 0.480 e. The van der Waals surface area contributed by atoms with Crippen molar-refractivity contribution in [3.63, 3.8) is 0 Å². The lowest BCUT2D eigenvalue weighted by Crippen LogP contribution is -2.51. The van der Waals surface area contributed by atoms with Crippen molar-refractivity contribution >= 4 is 33.6 Å². The van der Waals surface area contributed by atoms with Gasteiger partial charge in [-0.05, 0) is 30.7 Å². The number of piperazine rings is 1. The van der Waals surface area contributed by atoms with E-state index in [-0.39, 0.29) is 12.6 Å². The van der Waals surface area contributed by atoms with E-state index in [2.05, 4.69) is 21.2 Å². The molecule has 1 aromatic carbocycles. The number of rotatable bonds is 3. The van der Waals surface area contributed by atoms with E-state index in [0.717, 1.165) is 15.7 Å². The van der Waals surface area contributed by atoms with Crippen molar-refractivity contribution in [1.29, 1.82) is 0 Å². The molecule has 0 saturated carbocycles. The Kier molecular flexibility index (Phi) is 5.19. The number of amides is 2. The first kappa shape index (κ1) is 15.8. The zero-order chi connectivity index (χ0) is 15.4. The maximum atomic E-state index is 12.2. The van der Waals surface area contributed by atoms with Crippen molar-refractivity contribution in [3.8, 4) is 0 Å². The summed E-state index contributed by atoms with van der Waals surface area (Å²) in [6.07, 6.45) is 0. The first-order valence-corrected chi connectivity index (χ1v) is 7.51. The molecule has 1 fully saturated rings. The van der Waals surface area contributed by atoms with Crippen molar-refractivity contribution in [2.75, 3.05) is 38.0 Å². The lowest BCUT2D eigenvalue weighted by molar-refractivity contribution is -0.138. The van der Waals surface area contributed by atoms with Crippen molar-refractivity contribution in [2.24, 2.45) is 0 Å². The van der Waals surface area contributed by atoms with Crippen LogP contribution in [0.5, 0.6) is 0 Å². The zero-order valence-corrected chi connectivity index (χ0v) is 13.4. The first-order valence-electron chi connectivity index (χ1n) is 6.72. The fraction of sp³-hybridized carbons (Fsp3) is 0.429. The fourth-order valence-corrected chi connectivity index (χ4v) is 2.47. The monoisotopic (exact) mass is 355 g/mol. The summed E-state index contributed by atoms with van der Waals surface area (Å²) in [6.45, 7) is 4.23. The second kappa shape index (κ2) is 6.91. The summed E-state index contributed by atoms with van der Waals surface area (Å²) in [4.78, 5) is 26.3. The quantitative estimate of drug-likeness (QED) is 0.869. The molecule has 0 aromatic heterocycles. The van der Waals surface area contributed by atoms with Gasteiger partial charge in [-0.2, -0.15) is 0 Å². The molecule has 0 spiro atoms. The van der Waals surface area contributed by atoms with E-state index in [4.69, 9.17) is 5.11 Å². The predicted octanol–water partition coefficient (Wildman–Crippen LogP) is 1.99. The smallest absolute Gasteiger partial charge is 0.321 e.